The number of rotatable bonds is 11. The van der Waals surface area contributed by atoms with E-state index in [1.807, 2.05) is 84.9 Å². The Bertz CT molecular complexity index is 1350. The summed E-state index contributed by atoms with van der Waals surface area (Å²) in [7, 11) is 0. The van der Waals surface area contributed by atoms with Crippen LogP contribution in [0.5, 0.6) is 0 Å². The molecule has 190 valence electrons. The predicted octanol–water partition coefficient (Wildman–Crippen LogP) is 2.58. The molecule has 0 aliphatic carbocycles. The Morgan fingerprint density at radius 2 is 1.30 bits per heavy atom. The minimum Gasteiger partial charge on any atom is -0.480 e. The number of nitrogens with one attached hydrogen (secondary N) is 3. The van der Waals surface area contributed by atoms with Crippen LogP contribution in [0.4, 0.5) is 0 Å². The molecule has 0 aliphatic rings. The lowest BCUT2D eigenvalue weighted by atomic mass is 10.0. The quantitative estimate of drug-likeness (QED) is 0.216. The number of hydrogen-bond donors (Lipinski definition) is 5. The molecular formula is C29H30N4O4. The first kappa shape index (κ1) is 25.7. The van der Waals surface area contributed by atoms with Gasteiger partial charge in [-0.25, -0.2) is 4.79 Å². The number of carboxylic acid groups (broad SMARTS) is 1. The van der Waals surface area contributed by atoms with Gasteiger partial charge in [-0.2, -0.15) is 0 Å². The number of carbonyl (C=O) groups is 3. The standard InChI is InChI=1S/C29H30N4O4/c30-23(15-19-9-3-1-4-10-19)27(34)32-25(16-20-11-5-2-6-12-20)28(35)33-26(29(36)37)17-21-18-31-24-14-8-7-13-22(21)24/h1-14,18,23,25-26,31H,15-17,30H2,(H,32,34)(H,33,35)(H,36,37)/t23-,25-,26-/m0/s1. The fraction of sp³-hybridized carbons (Fsp3) is 0.207. The number of nitrogens with two attached hydrogens (primary N) is 1. The molecule has 3 aromatic carbocycles. The maximum absolute atomic E-state index is 13.3. The minimum absolute atomic E-state index is 0.0879. The summed E-state index contributed by atoms with van der Waals surface area (Å²) in [6, 6.07) is 23.1. The Hall–Kier alpha value is -4.43. The van der Waals surface area contributed by atoms with Crippen molar-refractivity contribution in [3.63, 3.8) is 0 Å². The number of hydrogen-bond acceptors (Lipinski definition) is 4. The molecule has 8 nitrogen and oxygen atoms in total. The molecule has 6 N–H and O–H groups in total. The van der Waals surface area contributed by atoms with Gasteiger partial charge in [-0.3, -0.25) is 9.59 Å². The summed E-state index contributed by atoms with van der Waals surface area (Å²) < 4.78 is 0. The van der Waals surface area contributed by atoms with Crippen molar-refractivity contribution in [2.45, 2.75) is 37.4 Å². The monoisotopic (exact) mass is 498 g/mol. The number of H-pyrrole nitrogens is 1. The van der Waals surface area contributed by atoms with Crippen molar-refractivity contribution in [3.8, 4) is 0 Å². The lowest BCUT2D eigenvalue weighted by Gasteiger charge is -2.23. The van der Waals surface area contributed by atoms with Crippen molar-refractivity contribution in [2.24, 2.45) is 5.73 Å². The van der Waals surface area contributed by atoms with Gasteiger partial charge in [0.05, 0.1) is 6.04 Å². The maximum Gasteiger partial charge on any atom is 0.326 e. The van der Waals surface area contributed by atoms with Crippen molar-refractivity contribution in [1.82, 2.24) is 15.6 Å². The van der Waals surface area contributed by atoms with Gasteiger partial charge in [-0.15, -0.1) is 0 Å². The van der Waals surface area contributed by atoms with E-state index in [1.54, 1.807) is 6.20 Å². The summed E-state index contributed by atoms with van der Waals surface area (Å²) in [5.74, 6) is -2.23. The van der Waals surface area contributed by atoms with Gasteiger partial charge in [0.1, 0.15) is 12.1 Å². The van der Waals surface area contributed by atoms with Crippen molar-refractivity contribution < 1.29 is 19.5 Å². The summed E-state index contributed by atoms with van der Waals surface area (Å²) in [4.78, 5) is 41.5. The third kappa shape index (κ3) is 6.83. The van der Waals surface area contributed by atoms with Gasteiger partial charge in [-0.05, 0) is 29.2 Å². The molecule has 0 saturated heterocycles. The number of benzene rings is 3. The minimum atomic E-state index is -1.18. The fourth-order valence-corrected chi connectivity index (χ4v) is 4.29. The molecule has 0 spiro atoms. The number of aliphatic carboxylic acids is 1. The number of aromatic nitrogens is 1. The number of para-hydroxylation sites is 1. The van der Waals surface area contributed by atoms with E-state index in [-0.39, 0.29) is 12.8 Å². The van der Waals surface area contributed by atoms with E-state index < -0.39 is 35.9 Å². The average Bonchev–Trinajstić information content (AvgIpc) is 3.31. The second kappa shape index (κ2) is 12.0. The van der Waals surface area contributed by atoms with E-state index in [1.165, 1.54) is 0 Å². The van der Waals surface area contributed by atoms with Crippen LogP contribution < -0.4 is 16.4 Å². The molecule has 0 fully saturated rings. The molecule has 4 rings (SSSR count). The van der Waals surface area contributed by atoms with Crippen molar-refractivity contribution in [2.75, 3.05) is 0 Å². The Morgan fingerprint density at radius 3 is 1.95 bits per heavy atom. The van der Waals surface area contributed by atoms with E-state index in [4.69, 9.17) is 5.73 Å². The molecule has 0 radical (unpaired) electrons. The van der Waals surface area contributed by atoms with Gasteiger partial charge in [-0.1, -0.05) is 78.9 Å². The van der Waals surface area contributed by atoms with Gasteiger partial charge in [0, 0.05) is 29.9 Å². The number of carbonyl (C=O) groups excluding carboxylic acids is 2. The molecule has 37 heavy (non-hydrogen) atoms. The molecule has 8 heteroatoms. The number of fused-ring (bicyclic) bond motifs is 1. The third-order valence-electron chi connectivity index (χ3n) is 6.26. The van der Waals surface area contributed by atoms with E-state index in [0.29, 0.717) is 6.42 Å². The highest BCUT2D eigenvalue weighted by Crippen LogP contribution is 2.19. The molecule has 1 heterocycles. The zero-order valence-electron chi connectivity index (χ0n) is 20.3. The van der Waals surface area contributed by atoms with Crippen LogP contribution in [0.1, 0.15) is 16.7 Å². The van der Waals surface area contributed by atoms with Gasteiger partial charge in [0.25, 0.3) is 0 Å². The van der Waals surface area contributed by atoms with Gasteiger partial charge in [0.2, 0.25) is 11.8 Å². The summed E-state index contributed by atoms with van der Waals surface area (Å²) in [6.07, 6.45) is 2.34. The number of carboxylic acids is 1. The summed E-state index contributed by atoms with van der Waals surface area (Å²) >= 11 is 0. The largest absolute Gasteiger partial charge is 0.480 e. The van der Waals surface area contributed by atoms with Crippen LogP contribution >= 0.6 is 0 Å². The van der Waals surface area contributed by atoms with Crippen LogP contribution in [0, 0.1) is 0 Å². The highest BCUT2D eigenvalue weighted by molar-refractivity contribution is 5.92. The highest BCUT2D eigenvalue weighted by Gasteiger charge is 2.29. The number of amides is 2. The first-order valence-electron chi connectivity index (χ1n) is 12.1. The van der Waals surface area contributed by atoms with Crippen molar-refractivity contribution in [1.29, 1.82) is 0 Å². The molecule has 0 unspecified atom stereocenters. The van der Waals surface area contributed by atoms with Crippen LogP contribution in [-0.2, 0) is 33.6 Å². The molecule has 4 aromatic rings. The van der Waals surface area contributed by atoms with Gasteiger partial charge < -0.3 is 26.5 Å². The number of aromatic amines is 1. The van der Waals surface area contributed by atoms with Crippen molar-refractivity contribution >= 4 is 28.7 Å². The molecule has 0 saturated carbocycles. The molecule has 2 amide bonds. The summed E-state index contributed by atoms with van der Waals surface area (Å²) in [5.41, 5.74) is 9.53. The predicted molar refractivity (Wildman–Crippen MR) is 142 cm³/mol. The molecule has 0 aliphatic heterocycles. The second-order valence-electron chi connectivity index (χ2n) is 9.01. The van der Waals surface area contributed by atoms with Crippen LogP contribution in [0.25, 0.3) is 10.9 Å². The topological polar surface area (TPSA) is 137 Å². The van der Waals surface area contributed by atoms with Gasteiger partial charge >= 0.3 is 5.97 Å². The normalized spacial score (nSPS) is 13.4. The maximum atomic E-state index is 13.3. The van der Waals surface area contributed by atoms with Crippen LogP contribution in [-0.4, -0.2) is 46.0 Å². The second-order valence-corrected chi connectivity index (χ2v) is 9.01. The van der Waals surface area contributed by atoms with Crippen LogP contribution in [0.2, 0.25) is 0 Å². The van der Waals surface area contributed by atoms with Crippen molar-refractivity contribution in [3.05, 3.63) is 108 Å². The zero-order valence-corrected chi connectivity index (χ0v) is 20.3. The third-order valence-corrected chi connectivity index (χ3v) is 6.26. The van der Waals surface area contributed by atoms with Gasteiger partial charge in [0.15, 0.2) is 0 Å². The Labute approximate surface area is 214 Å². The Balaban J connectivity index is 1.49. The lowest BCUT2D eigenvalue weighted by Crippen LogP contribution is -2.55. The summed E-state index contributed by atoms with van der Waals surface area (Å²) in [5, 5.41) is 16.1. The summed E-state index contributed by atoms with van der Waals surface area (Å²) in [6.45, 7) is 0. The first-order valence-corrected chi connectivity index (χ1v) is 12.1. The van der Waals surface area contributed by atoms with E-state index in [0.717, 1.165) is 27.6 Å². The SMILES string of the molecule is N[C@@H](Cc1ccccc1)C(=O)N[C@@H](Cc1ccccc1)C(=O)N[C@@H](Cc1c[nH]c2ccccc12)C(=O)O. The Morgan fingerprint density at radius 1 is 0.730 bits per heavy atom. The smallest absolute Gasteiger partial charge is 0.326 e. The van der Waals surface area contributed by atoms with Crippen LogP contribution in [0.3, 0.4) is 0 Å². The fourth-order valence-electron chi connectivity index (χ4n) is 4.29. The van der Waals surface area contributed by atoms with E-state index in [2.05, 4.69) is 15.6 Å². The molecule has 0 bridgehead atoms. The first-order chi connectivity index (χ1) is 17.9. The molecule has 1 aromatic heterocycles. The van der Waals surface area contributed by atoms with E-state index in [9.17, 15) is 19.5 Å². The zero-order chi connectivity index (χ0) is 26.2. The highest BCUT2D eigenvalue weighted by atomic mass is 16.4. The van der Waals surface area contributed by atoms with Crippen LogP contribution in [0.15, 0.2) is 91.1 Å². The lowest BCUT2D eigenvalue weighted by molar-refractivity contribution is -0.142. The van der Waals surface area contributed by atoms with E-state index >= 15 is 0 Å². The molecule has 3 atom stereocenters. The Kier molecular flexibility index (Phi) is 8.33. The molecular weight excluding hydrogens is 468 g/mol. The average molecular weight is 499 g/mol.